The van der Waals surface area contributed by atoms with Crippen molar-refractivity contribution in [3.8, 4) is 5.75 Å². The van der Waals surface area contributed by atoms with Crippen LogP contribution in [0.3, 0.4) is 0 Å². The molecule has 2 aliphatic heterocycles. The Labute approximate surface area is 240 Å². The minimum absolute atomic E-state index is 0.0632. The minimum Gasteiger partial charge on any atom is -0.497 e. The first-order valence-electron chi connectivity index (χ1n) is 13.7. The third kappa shape index (κ3) is 9.59. The van der Waals surface area contributed by atoms with Gasteiger partial charge < -0.3 is 25.2 Å². The van der Waals surface area contributed by atoms with Crippen LogP contribution in [0.1, 0.15) is 59.4 Å². The van der Waals surface area contributed by atoms with E-state index in [1.807, 2.05) is 4.90 Å². The number of pyridine rings is 1. The summed E-state index contributed by atoms with van der Waals surface area (Å²) in [4.78, 5) is 60.7. The summed E-state index contributed by atoms with van der Waals surface area (Å²) < 4.78 is 5.10. The lowest BCUT2D eigenvalue weighted by Gasteiger charge is -2.23. The molecule has 2 aromatic rings. The fourth-order valence-electron chi connectivity index (χ4n) is 4.35. The molecule has 2 saturated heterocycles. The van der Waals surface area contributed by atoms with E-state index in [0.717, 1.165) is 51.7 Å². The quantitative estimate of drug-likeness (QED) is 0.402. The lowest BCUT2D eigenvalue weighted by Crippen LogP contribution is -2.41. The summed E-state index contributed by atoms with van der Waals surface area (Å²) in [6, 6.07) is 9.92. The molecule has 3 N–H and O–H groups in total. The van der Waals surface area contributed by atoms with Gasteiger partial charge in [0.05, 0.1) is 24.9 Å². The van der Waals surface area contributed by atoms with Crippen LogP contribution in [0.25, 0.3) is 0 Å². The number of nitrogens with two attached hydrogens (primary N) is 1. The molecule has 2 aliphatic rings. The predicted molar refractivity (Wildman–Crippen MR) is 155 cm³/mol. The summed E-state index contributed by atoms with van der Waals surface area (Å²) in [6.07, 6.45) is 7.28. The van der Waals surface area contributed by atoms with Crippen LogP contribution in [-0.4, -0.2) is 96.7 Å². The van der Waals surface area contributed by atoms with E-state index in [0.29, 0.717) is 24.4 Å². The fraction of sp³-hybridized carbons (Fsp3) is 0.448. The molecule has 41 heavy (non-hydrogen) atoms. The molecule has 3 heterocycles. The van der Waals surface area contributed by atoms with Crippen LogP contribution in [0.4, 0.5) is 5.69 Å². The Hall–Kier alpha value is -4.48. The molecule has 12 heteroatoms. The van der Waals surface area contributed by atoms with Gasteiger partial charge in [0.2, 0.25) is 17.8 Å². The van der Waals surface area contributed by atoms with Gasteiger partial charge in [-0.2, -0.15) is 0 Å². The van der Waals surface area contributed by atoms with Gasteiger partial charge in [0.25, 0.3) is 11.8 Å². The number of amides is 4. The minimum atomic E-state index is -0.472. The highest BCUT2D eigenvalue weighted by Crippen LogP contribution is 2.19. The maximum Gasteiger partial charge on any atom is 0.271 e. The van der Waals surface area contributed by atoms with Crippen molar-refractivity contribution in [1.29, 1.82) is 0 Å². The molecule has 0 bridgehead atoms. The highest BCUT2D eigenvalue weighted by Gasteiger charge is 2.24. The number of hydrogen-bond donors (Lipinski definition) is 2. The fourth-order valence-corrected chi connectivity index (χ4v) is 4.35. The number of ether oxygens (including phenoxy) is 1. The maximum absolute atomic E-state index is 12.2. The van der Waals surface area contributed by atoms with Crippen molar-refractivity contribution in [2.45, 2.75) is 38.5 Å². The molecular weight excluding hydrogens is 526 g/mol. The van der Waals surface area contributed by atoms with Crippen LogP contribution in [0.15, 0.2) is 47.6 Å². The number of methoxy groups -OCH3 is 1. The first-order chi connectivity index (χ1) is 19.7. The van der Waals surface area contributed by atoms with Gasteiger partial charge in [-0.15, -0.1) is 0 Å². The molecule has 2 fully saturated rings. The van der Waals surface area contributed by atoms with E-state index in [1.165, 1.54) is 23.2 Å². The van der Waals surface area contributed by atoms with Gasteiger partial charge >= 0.3 is 0 Å². The third-order valence-corrected chi connectivity index (χ3v) is 6.65. The number of rotatable bonds is 6. The summed E-state index contributed by atoms with van der Waals surface area (Å²) in [6.45, 7) is 2.82. The van der Waals surface area contributed by atoms with E-state index in [1.54, 1.807) is 50.4 Å². The molecule has 4 rings (SSSR count). The highest BCUT2D eigenvalue weighted by molar-refractivity contribution is 6.06. The Bertz CT molecular complexity index is 1240. The molecule has 0 aliphatic carbocycles. The van der Waals surface area contributed by atoms with Crippen LogP contribution in [0.5, 0.6) is 5.75 Å². The van der Waals surface area contributed by atoms with Crippen molar-refractivity contribution < 1.29 is 23.9 Å². The maximum atomic E-state index is 12.2. The van der Waals surface area contributed by atoms with E-state index in [-0.39, 0.29) is 34.9 Å². The van der Waals surface area contributed by atoms with Crippen LogP contribution in [0, 0.1) is 0 Å². The zero-order chi connectivity index (χ0) is 29.8. The number of carbonyl (C=O) groups excluding carboxylic acids is 4. The van der Waals surface area contributed by atoms with Crippen molar-refractivity contribution in [2.75, 3.05) is 47.4 Å². The van der Waals surface area contributed by atoms with E-state index in [2.05, 4.69) is 15.3 Å². The first-order valence-corrected chi connectivity index (χ1v) is 13.7. The lowest BCUT2D eigenvalue weighted by molar-refractivity contribution is -0.139. The van der Waals surface area contributed by atoms with Crippen LogP contribution < -0.4 is 15.8 Å². The second-order valence-electron chi connectivity index (χ2n) is 10.00. The number of nitrogens with one attached hydrogen (secondary N) is 1. The molecule has 4 amide bonds. The molecule has 0 atom stereocenters. The SMILES string of the molecule is COc1cccc(N=C(N)NC(=O)c2ccc(C(=O)N(C)C)nc2)c1.O=C(CN1CCCCCC1=O)N1CCCC1. The number of carbonyl (C=O) groups is 4. The number of aromatic nitrogens is 1. The number of nitrogens with zero attached hydrogens (tertiary/aromatic N) is 5. The Kier molecular flexibility index (Phi) is 11.6. The molecule has 0 spiro atoms. The topological polar surface area (TPSA) is 151 Å². The summed E-state index contributed by atoms with van der Waals surface area (Å²) in [5, 5.41) is 2.47. The number of aliphatic imine (C=N–C) groups is 1. The van der Waals surface area contributed by atoms with Crippen LogP contribution >= 0.6 is 0 Å². The van der Waals surface area contributed by atoms with Gasteiger partial charge in [-0.1, -0.05) is 12.5 Å². The molecule has 0 radical (unpaired) electrons. The molecule has 1 aromatic carbocycles. The molecule has 12 nitrogen and oxygen atoms in total. The van der Waals surface area contributed by atoms with Gasteiger partial charge in [0.15, 0.2) is 0 Å². The number of hydrogen-bond acceptors (Lipinski definition) is 7. The normalized spacial score (nSPS) is 15.4. The molecular formula is C29H39N7O5. The molecule has 0 unspecified atom stereocenters. The summed E-state index contributed by atoms with van der Waals surface area (Å²) >= 11 is 0. The van der Waals surface area contributed by atoms with Crippen molar-refractivity contribution in [3.05, 3.63) is 53.9 Å². The van der Waals surface area contributed by atoms with Crippen molar-refractivity contribution in [3.63, 3.8) is 0 Å². The zero-order valence-corrected chi connectivity index (χ0v) is 24.0. The van der Waals surface area contributed by atoms with E-state index in [9.17, 15) is 19.2 Å². The van der Waals surface area contributed by atoms with Gasteiger partial charge in [-0.25, -0.2) is 4.99 Å². The Morgan fingerprint density at radius 2 is 1.78 bits per heavy atom. The molecule has 220 valence electrons. The first kappa shape index (κ1) is 31.1. The molecule has 0 saturated carbocycles. The monoisotopic (exact) mass is 565 g/mol. The third-order valence-electron chi connectivity index (χ3n) is 6.65. The predicted octanol–water partition coefficient (Wildman–Crippen LogP) is 2.18. The van der Waals surface area contributed by atoms with Crippen LogP contribution in [-0.2, 0) is 9.59 Å². The van der Waals surface area contributed by atoms with E-state index >= 15 is 0 Å². The largest absolute Gasteiger partial charge is 0.497 e. The second kappa shape index (κ2) is 15.3. The molecule has 1 aromatic heterocycles. The smallest absolute Gasteiger partial charge is 0.271 e. The van der Waals surface area contributed by atoms with Crippen molar-refractivity contribution in [1.82, 2.24) is 25.0 Å². The van der Waals surface area contributed by atoms with Gasteiger partial charge in [-0.05, 0) is 49.9 Å². The Morgan fingerprint density at radius 1 is 1.05 bits per heavy atom. The Balaban J connectivity index is 0.000000248. The van der Waals surface area contributed by atoms with Gasteiger partial charge in [-0.3, -0.25) is 29.5 Å². The second-order valence-corrected chi connectivity index (χ2v) is 10.00. The standard InChI is InChI=1S/C17H19N5O3.C12H20N2O2/c1-22(2)16(24)14-8-7-11(10-19-14)15(23)21-17(18)20-12-5-4-6-13(9-12)25-3;15-11-6-2-1-3-9-14(11)10-12(16)13-7-4-5-8-13/h4-10H,1-3H3,(H3,18,20,21,23);1-10H2. The zero-order valence-electron chi connectivity index (χ0n) is 24.0. The summed E-state index contributed by atoms with van der Waals surface area (Å²) in [7, 11) is 4.80. The summed E-state index contributed by atoms with van der Waals surface area (Å²) in [5.41, 5.74) is 6.81. The van der Waals surface area contributed by atoms with Gasteiger partial charge in [0, 0.05) is 52.4 Å². The van der Waals surface area contributed by atoms with E-state index < -0.39 is 5.91 Å². The van der Waals surface area contributed by atoms with Crippen molar-refractivity contribution in [2.24, 2.45) is 10.7 Å². The summed E-state index contributed by atoms with van der Waals surface area (Å²) in [5.74, 6) is 0.141. The van der Waals surface area contributed by atoms with Crippen LogP contribution in [0.2, 0.25) is 0 Å². The number of guanidine groups is 1. The average molecular weight is 566 g/mol. The number of likely N-dealkylation sites (tertiary alicyclic amines) is 2. The highest BCUT2D eigenvalue weighted by atomic mass is 16.5. The Morgan fingerprint density at radius 3 is 2.44 bits per heavy atom. The van der Waals surface area contributed by atoms with E-state index in [4.69, 9.17) is 10.5 Å². The lowest BCUT2D eigenvalue weighted by atomic mass is 10.2. The average Bonchev–Trinajstić information content (AvgIpc) is 3.44. The number of benzene rings is 1. The van der Waals surface area contributed by atoms with Gasteiger partial charge in [0.1, 0.15) is 11.4 Å². The van der Waals surface area contributed by atoms with Crippen molar-refractivity contribution >= 4 is 35.3 Å².